The first-order chi connectivity index (χ1) is 14.1. The van der Waals surface area contributed by atoms with Crippen molar-refractivity contribution in [3.63, 3.8) is 0 Å². The number of halogens is 2. The minimum Gasteiger partial charge on any atom is -0.484 e. The van der Waals surface area contributed by atoms with Gasteiger partial charge in [-0.3, -0.25) is 9.89 Å². The number of thiazole rings is 1. The number of nitrogens with one attached hydrogen (secondary N) is 2. The van der Waals surface area contributed by atoms with E-state index in [2.05, 4.69) is 25.5 Å². The Bertz CT molecular complexity index is 1180. The van der Waals surface area contributed by atoms with E-state index in [1.807, 2.05) is 28.0 Å². The Morgan fingerprint density at radius 2 is 2.24 bits per heavy atom. The van der Waals surface area contributed by atoms with Crippen LogP contribution in [0.5, 0.6) is 11.6 Å². The van der Waals surface area contributed by atoms with Crippen molar-refractivity contribution in [2.75, 3.05) is 12.4 Å². The van der Waals surface area contributed by atoms with E-state index in [4.69, 9.17) is 9.47 Å². The summed E-state index contributed by atoms with van der Waals surface area (Å²) < 4.78 is 26.1. The van der Waals surface area contributed by atoms with Gasteiger partial charge in [0.25, 0.3) is 5.91 Å². The molecule has 0 saturated carbocycles. The van der Waals surface area contributed by atoms with Crippen molar-refractivity contribution in [3.8, 4) is 11.6 Å². The number of pyridine rings is 1. The van der Waals surface area contributed by atoms with Gasteiger partial charge in [-0.1, -0.05) is 0 Å². The third kappa shape index (κ3) is 4.00. The number of fused-ring (bicyclic) bond motifs is 1. The summed E-state index contributed by atoms with van der Waals surface area (Å²) in [5.41, 5.74) is 3.14. The number of benzene rings is 1. The second-order valence-corrected chi connectivity index (χ2v) is 7.69. The van der Waals surface area contributed by atoms with Crippen LogP contribution >= 0.6 is 33.9 Å². The Balaban J connectivity index is 1.58. The van der Waals surface area contributed by atoms with Crippen LogP contribution < -0.4 is 14.8 Å². The molecule has 29 heavy (non-hydrogen) atoms. The predicted octanol–water partition coefficient (Wildman–Crippen LogP) is 4.00. The number of aromatic nitrogens is 4. The number of methoxy groups -OCH3 is 1. The van der Waals surface area contributed by atoms with Gasteiger partial charge < -0.3 is 14.8 Å². The van der Waals surface area contributed by atoms with Gasteiger partial charge in [-0.05, 0) is 40.8 Å². The van der Waals surface area contributed by atoms with Gasteiger partial charge in [-0.15, -0.1) is 16.4 Å². The standard InChI is InChI=1S/C18H13FIN5O3S/c1-27-18-11-4-9(5-21-16(11)24-25-18)23-17(26)14-12(20)2-3-13(15(14)19)28-6-10-7-29-8-22-10/h2-5,7-8H,6H2,1H3,(H,23,26)(H,21,24,25). The van der Waals surface area contributed by atoms with Crippen LogP contribution in [-0.2, 0) is 6.61 Å². The molecule has 0 spiro atoms. The molecule has 11 heteroatoms. The maximum atomic E-state index is 15.0. The highest BCUT2D eigenvalue weighted by Crippen LogP contribution is 2.28. The lowest BCUT2D eigenvalue weighted by Gasteiger charge is -2.12. The summed E-state index contributed by atoms with van der Waals surface area (Å²) in [4.78, 5) is 21.0. The summed E-state index contributed by atoms with van der Waals surface area (Å²) in [5, 5.41) is 11.8. The molecule has 3 heterocycles. The molecule has 148 valence electrons. The van der Waals surface area contributed by atoms with Crippen LogP contribution in [0.25, 0.3) is 11.0 Å². The highest BCUT2D eigenvalue weighted by Gasteiger charge is 2.21. The molecule has 1 aromatic carbocycles. The monoisotopic (exact) mass is 525 g/mol. The highest BCUT2D eigenvalue weighted by atomic mass is 127. The van der Waals surface area contributed by atoms with Gasteiger partial charge in [-0.25, -0.2) is 14.4 Å². The number of hydrogen-bond acceptors (Lipinski definition) is 7. The van der Waals surface area contributed by atoms with Gasteiger partial charge in [0.2, 0.25) is 5.88 Å². The number of H-pyrrole nitrogens is 1. The fourth-order valence-electron chi connectivity index (χ4n) is 2.61. The molecule has 3 aromatic heterocycles. The average molecular weight is 525 g/mol. The molecule has 0 unspecified atom stereocenters. The first-order valence-corrected chi connectivity index (χ1v) is 10.3. The number of carbonyl (C=O) groups is 1. The van der Waals surface area contributed by atoms with E-state index in [0.717, 1.165) is 0 Å². The molecule has 1 amide bonds. The lowest BCUT2D eigenvalue weighted by Crippen LogP contribution is -2.16. The van der Waals surface area contributed by atoms with Gasteiger partial charge >= 0.3 is 0 Å². The predicted molar refractivity (Wildman–Crippen MR) is 114 cm³/mol. The Hall–Kier alpha value is -2.80. The molecular formula is C18H13FIN5O3S. The number of rotatable bonds is 6. The molecule has 0 fully saturated rings. The van der Waals surface area contributed by atoms with Crippen LogP contribution in [0, 0.1) is 9.39 Å². The molecule has 0 saturated heterocycles. The zero-order valence-corrected chi connectivity index (χ0v) is 17.9. The van der Waals surface area contributed by atoms with E-state index in [9.17, 15) is 9.18 Å². The lowest BCUT2D eigenvalue weighted by atomic mass is 10.1. The number of hydrogen-bond donors (Lipinski definition) is 2. The lowest BCUT2D eigenvalue weighted by molar-refractivity contribution is 0.102. The maximum Gasteiger partial charge on any atom is 0.259 e. The van der Waals surface area contributed by atoms with Crippen molar-refractivity contribution in [2.24, 2.45) is 0 Å². The molecule has 0 aliphatic heterocycles. The van der Waals surface area contributed by atoms with Crippen LogP contribution in [-0.4, -0.2) is 33.2 Å². The summed E-state index contributed by atoms with van der Waals surface area (Å²) >= 11 is 3.33. The average Bonchev–Trinajstić information content (AvgIpc) is 3.36. The second-order valence-electron chi connectivity index (χ2n) is 5.81. The minimum absolute atomic E-state index is 0.0198. The van der Waals surface area contributed by atoms with Gasteiger partial charge in [0.1, 0.15) is 6.61 Å². The van der Waals surface area contributed by atoms with Gasteiger partial charge in [0.15, 0.2) is 17.2 Å². The van der Waals surface area contributed by atoms with Crippen molar-refractivity contribution in [3.05, 3.63) is 55.9 Å². The van der Waals surface area contributed by atoms with E-state index in [0.29, 0.717) is 31.9 Å². The highest BCUT2D eigenvalue weighted by molar-refractivity contribution is 14.1. The molecule has 4 rings (SSSR count). The SMILES string of the molecule is COc1n[nH]c2ncc(NC(=O)c3c(I)ccc(OCc4cscn4)c3F)cc12. The van der Waals surface area contributed by atoms with Crippen LogP contribution in [0.15, 0.2) is 35.3 Å². The molecule has 0 aliphatic rings. The maximum absolute atomic E-state index is 15.0. The fraction of sp³-hybridized carbons (Fsp3) is 0.111. The second kappa shape index (κ2) is 8.29. The summed E-state index contributed by atoms with van der Waals surface area (Å²) in [7, 11) is 1.48. The Labute approximate surface area is 181 Å². The minimum atomic E-state index is -0.737. The van der Waals surface area contributed by atoms with E-state index in [1.165, 1.54) is 30.7 Å². The van der Waals surface area contributed by atoms with Gasteiger partial charge in [0.05, 0.1) is 41.1 Å². The zero-order valence-electron chi connectivity index (χ0n) is 14.9. The third-order valence-electron chi connectivity index (χ3n) is 3.97. The van der Waals surface area contributed by atoms with Gasteiger partial charge in [0, 0.05) is 8.95 Å². The molecule has 0 bridgehead atoms. The zero-order chi connectivity index (χ0) is 20.4. The fourth-order valence-corrected chi connectivity index (χ4v) is 3.82. The Kier molecular flexibility index (Phi) is 5.58. The summed E-state index contributed by atoms with van der Waals surface area (Å²) in [5.74, 6) is -1.02. The van der Waals surface area contributed by atoms with Crippen molar-refractivity contribution >= 4 is 56.6 Å². The summed E-state index contributed by atoms with van der Waals surface area (Å²) in [6, 6.07) is 4.76. The third-order valence-corrected chi connectivity index (χ3v) is 5.51. The quantitative estimate of drug-likeness (QED) is 0.369. The van der Waals surface area contributed by atoms with Crippen LogP contribution in [0.4, 0.5) is 10.1 Å². The smallest absolute Gasteiger partial charge is 0.259 e. The van der Waals surface area contributed by atoms with E-state index >= 15 is 0 Å². The molecule has 4 aromatic rings. The topological polar surface area (TPSA) is 102 Å². The molecule has 8 nitrogen and oxygen atoms in total. The molecule has 0 radical (unpaired) electrons. The number of carbonyl (C=O) groups excluding carboxylic acids is 1. The van der Waals surface area contributed by atoms with Crippen LogP contribution in [0.3, 0.4) is 0 Å². The van der Waals surface area contributed by atoms with Crippen molar-refractivity contribution in [1.82, 2.24) is 20.2 Å². The molecule has 0 aliphatic carbocycles. The van der Waals surface area contributed by atoms with Crippen molar-refractivity contribution in [2.45, 2.75) is 6.61 Å². The first-order valence-electron chi connectivity index (χ1n) is 8.24. The Morgan fingerprint density at radius 1 is 1.38 bits per heavy atom. The molecule has 0 atom stereocenters. The largest absolute Gasteiger partial charge is 0.484 e. The molecule has 2 N–H and O–H groups in total. The Morgan fingerprint density at radius 3 is 3.00 bits per heavy atom. The first kappa shape index (κ1) is 19.5. The summed E-state index contributed by atoms with van der Waals surface area (Å²) in [6.45, 7) is 0.114. The van der Waals surface area contributed by atoms with Crippen molar-refractivity contribution in [1.29, 1.82) is 0 Å². The van der Waals surface area contributed by atoms with E-state index in [-0.39, 0.29) is 17.9 Å². The number of aromatic amines is 1. The van der Waals surface area contributed by atoms with Crippen LogP contribution in [0.2, 0.25) is 0 Å². The molecular weight excluding hydrogens is 512 g/mol. The number of anilines is 1. The number of amides is 1. The van der Waals surface area contributed by atoms with Gasteiger partial charge in [-0.2, -0.15) is 0 Å². The van der Waals surface area contributed by atoms with E-state index < -0.39 is 11.7 Å². The van der Waals surface area contributed by atoms with Crippen molar-refractivity contribution < 1.29 is 18.7 Å². The summed E-state index contributed by atoms with van der Waals surface area (Å²) in [6.07, 6.45) is 1.45. The number of ether oxygens (including phenoxy) is 2. The van der Waals surface area contributed by atoms with Crippen LogP contribution in [0.1, 0.15) is 16.1 Å². The van der Waals surface area contributed by atoms with E-state index in [1.54, 1.807) is 17.6 Å². The number of nitrogens with zero attached hydrogens (tertiary/aromatic N) is 3. The normalized spacial score (nSPS) is 10.9.